The molecule has 2 heterocycles. The molecular weight excluding hydrogens is 276 g/mol. The lowest BCUT2D eigenvalue weighted by atomic mass is 10.0. The molecule has 0 spiro atoms. The van der Waals surface area contributed by atoms with Crippen LogP contribution in [0.4, 0.5) is 4.79 Å². The molecule has 0 bridgehead atoms. The Kier molecular flexibility index (Phi) is 4.65. The Morgan fingerprint density at radius 3 is 2.85 bits per heavy atom. The maximum absolute atomic E-state index is 12.3. The molecule has 2 atom stereocenters. The maximum Gasteiger partial charge on any atom is 0.320 e. The highest BCUT2D eigenvalue weighted by Crippen LogP contribution is 2.25. The van der Waals surface area contributed by atoms with Crippen molar-refractivity contribution in [1.82, 2.24) is 9.80 Å². The van der Waals surface area contributed by atoms with E-state index in [1.807, 2.05) is 18.4 Å². The average Bonchev–Trinajstić information content (AvgIpc) is 3.04. The number of likely N-dealkylation sites (N-methyl/N-ethyl adjacent to an activating group) is 1. The van der Waals surface area contributed by atoms with Crippen LogP contribution in [0.2, 0.25) is 0 Å². The minimum atomic E-state index is -0.811. The monoisotopic (exact) mass is 296 g/mol. The minimum absolute atomic E-state index is 0.0715. The molecule has 0 aliphatic carbocycles. The Balaban J connectivity index is 1.89. The van der Waals surface area contributed by atoms with E-state index in [2.05, 4.69) is 6.07 Å². The number of aliphatic carboxylic acids is 1. The fourth-order valence-corrected chi connectivity index (χ4v) is 3.29. The lowest BCUT2D eigenvalue weighted by molar-refractivity contribution is -0.142. The summed E-state index contributed by atoms with van der Waals surface area (Å²) in [7, 11) is 1.77. The van der Waals surface area contributed by atoms with Gasteiger partial charge in [0.15, 0.2) is 0 Å². The van der Waals surface area contributed by atoms with Gasteiger partial charge in [0.2, 0.25) is 0 Å². The van der Waals surface area contributed by atoms with Crippen molar-refractivity contribution in [3.63, 3.8) is 0 Å². The van der Waals surface area contributed by atoms with Crippen LogP contribution in [0.25, 0.3) is 0 Å². The maximum atomic E-state index is 12.3. The summed E-state index contributed by atoms with van der Waals surface area (Å²) >= 11 is 1.68. The Labute approximate surface area is 122 Å². The van der Waals surface area contributed by atoms with E-state index in [0.717, 1.165) is 6.42 Å². The normalized spacial score (nSPS) is 22.0. The number of carbonyl (C=O) groups is 2. The number of carbonyl (C=O) groups excluding carboxylic acids is 1. The number of nitrogens with zero attached hydrogens (tertiary/aromatic N) is 2. The van der Waals surface area contributed by atoms with Crippen molar-refractivity contribution in [3.8, 4) is 0 Å². The number of hydrogen-bond donors (Lipinski definition) is 1. The first-order valence-electron chi connectivity index (χ1n) is 6.77. The van der Waals surface area contributed by atoms with Gasteiger partial charge in [0.1, 0.15) is 0 Å². The highest BCUT2D eigenvalue weighted by Gasteiger charge is 2.38. The van der Waals surface area contributed by atoms with Crippen molar-refractivity contribution in [1.29, 1.82) is 0 Å². The molecule has 1 aliphatic rings. The number of amides is 2. The molecule has 1 aliphatic heterocycles. The van der Waals surface area contributed by atoms with E-state index in [1.165, 1.54) is 4.88 Å². The predicted molar refractivity (Wildman–Crippen MR) is 78.0 cm³/mol. The van der Waals surface area contributed by atoms with Gasteiger partial charge in [-0.05, 0) is 31.2 Å². The van der Waals surface area contributed by atoms with Crippen LogP contribution >= 0.6 is 11.3 Å². The van der Waals surface area contributed by atoms with Crippen LogP contribution in [0.5, 0.6) is 0 Å². The van der Waals surface area contributed by atoms with Gasteiger partial charge in [0, 0.05) is 31.1 Å². The average molecular weight is 296 g/mol. The Morgan fingerprint density at radius 2 is 2.30 bits per heavy atom. The van der Waals surface area contributed by atoms with E-state index >= 15 is 0 Å². The summed E-state index contributed by atoms with van der Waals surface area (Å²) in [5.74, 6) is -1.25. The third kappa shape index (κ3) is 3.12. The van der Waals surface area contributed by atoms with Crippen LogP contribution < -0.4 is 0 Å². The standard InChI is InChI=1S/C14H20N2O3S/c1-10-12(13(17)18)6-8-16(10)14(19)15(2)7-5-11-4-3-9-20-11/h3-4,9-10,12H,5-8H2,1-2H3,(H,17,18). The molecule has 1 aromatic rings. The molecule has 1 N–H and O–H groups in total. The van der Waals surface area contributed by atoms with Crippen molar-refractivity contribution in [2.45, 2.75) is 25.8 Å². The first kappa shape index (κ1) is 14.8. The Bertz CT molecular complexity index is 475. The number of likely N-dealkylation sites (tertiary alicyclic amines) is 1. The SMILES string of the molecule is CC1C(C(=O)O)CCN1C(=O)N(C)CCc1cccs1. The molecular formula is C14H20N2O3S. The summed E-state index contributed by atoms with van der Waals surface area (Å²) in [6.07, 6.45) is 1.38. The summed E-state index contributed by atoms with van der Waals surface area (Å²) in [5.41, 5.74) is 0. The zero-order valence-corrected chi connectivity index (χ0v) is 12.6. The van der Waals surface area contributed by atoms with Crippen LogP contribution in [0.3, 0.4) is 0 Å². The number of urea groups is 1. The number of rotatable bonds is 4. The fourth-order valence-electron chi connectivity index (χ4n) is 2.59. The first-order chi connectivity index (χ1) is 9.50. The predicted octanol–water partition coefficient (Wildman–Crippen LogP) is 2.14. The Morgan fingerprint density at radius 1 is 1.55 bits per heavy atom. The van der Waals surface area contributed by atoms with Crippen LogP contribution in [0.15, 0.2) is 17.5 Å². The second-order valence-corrected chi connectivity index (χ2v) is 6.23. The van der Waals surface area contributed by atoms with Gasteiger partial charge in [-0.15, -0.1) is 11.3 Å². The van der Waals surface area contributed by atoms with Crippen molar-refractivity contribution >= 4 is 23.3 Å². The van der Waals surface area contributed by atoms with Gasteiger partial charge in [-0.2, -0.15) is 0 Å². The highest BCUT2D eigenvalue weighted by atomic mass is 32.1. The molecule has 110 valence electrons. The van der Waals surface area contributed by atoms with Gasteiger partial charge in [0.25, 0.3) is 0 Å². The lowest BCUT2D eigenvalue weighted by Crippen LogP contribution is -2.45. The molecule has 20 heavy (non-hydrogen) atoms. The van der Waals surface area contributed by atoms with Crippen molar-refractivity contribution in [3.05, 3.63) is 22.4 Å². The number of thiophene rings is 1. The summed E-state index contributed by atoms with van der Waals surface area (Å²) in [6.45, 7) is 3.00. The van der Waals surface area contributed by atoms with E-state index in [4.69, 9.17) is 5.11 Å². The molecule has 1 aromatic heterocycles. The van der Waals surface area contributed by atoms with Gasteiger partial charge in [-0.3, -0.25) is 4.79 Å². The second kappa shape index (κ2) is 6.26. The molecule has 2 unspecified atom stereocenters. The van der Waals surface area contributed by atoms with Crippen LogP contribution in [0, 0.1) is 5.92 Å². The topological polar surface area (TPSA) is 60.9 Å². The zero-order valence-electron chi connectivity index (χ0n) is 11.8. The number of carboxylic acids is 1. The van der Waals surface area contributed by atoms with E-state index in [-0.39, 0.29) is 12.1 Å². The molecule has 0 aromatic carbocycles. The number of carboxylic acid groups (broad SMARTS) is 1. The zero-order chi connectivity index (χ0) is 14.7. The largest absolute Gasteiger partial charge is 0.481 e. The number of hydrogen-bond acceptors (Lipinski definition) is 3. The second-order valence-electron chi connectivity index (χ2n) is 5.20. The van der Waals surface area contributed by atoms with E-state index in [0.29, 0.717) is 19.5 Å². The quantitative estimate of drug-likeness (QED) is 0.926. The smallest absolute Gasteiger partial charge is 0.320 e. The van der Waals surface area contributed by atoms with Gasteiger partial charge < -0.3 is 14.9 Å². The molecule has 5 nitrogen and oxygen atoms in total. The summed E-state index contributed by atoms with van der Waals surface area (Å²) in [4.78, 5) is 28.0. The Hall–Kier alpha value is -1.56. The van der Waals surface area contributed by atoms with E-state index in [1.54, 1.807) is 28.2 Å². The molecule has 2 amide bonds. The molecule has 2 rings (SSSR count). The van der Waals surface area contributed by atoms with Crippen molar-refractivity contribution in [2.75, 3.05) is 20.1 Å². The van der Waals surface area contributed by atoms with Crippen LogP contribution in [0.1, 0.15) is 18.2 Å². The summed E-state index contributed by atoms with van der Waals surface area (Å²) in [6, 6.07) is 3.76. The van der Waals surface area contributed by atoms with Crippen molar-refractivity contribution in [2.24, 2.45) is 5.92 Å². The van der Waals surface area contributed by atoms with Gasteiger partial charge >= 0.3 is 12.0 Å². The third-order valence-corrected chi connectivity index (χ3v) is 4.85. The van der Waals surface area contributed by atoms with Gasteiger partial charge in [0.05, 0.1) is 5.92 Å². The molecule has 1 fully saturated rings. The van der Waals surface area contributed by atoms with Gasteiger partial charge in [-0.1, -0.05) is 6.07 Å². The molecule has 1 saturated heterocycles. The summed E-state index contributed by atoms with van der Waals surface area (Å²) < 4.78 is 0. The van der Waals surface area contributed by atoms with Crippen molar-refractivity contribution < 1.29 is 14.7 Å². The first-order valence-corrected chi connectivity index (χ1v) is 7.65. The summed E-state index contributed by atoms with van der Waals surface area (Å²) in [5, 5.41) is 11.1. The lowest BCUT2D eigenvalue weighted by Gasteiger charge is -2.28. The minimum Gasteiger partial charge on any atom is -0.481 e. The van der Waals surface area contributed by atoms with Gasteiger partial charge in [-0.25, -0.2) is 4.79 Å². The fraction of sp³-hybridized carbons (Fsp3) is 0.571. The van der Waals surface area contributed by atoms with E-state index in [9.17, 15) is 9.59 Å². The molecule has 0 saturated carbocycles. The van der Waals surface area contributed by atoms with E-state index < -0.39 is 11.9 Å². The third-order valence-electron chi connectivity index (χ3n) is 3.92. The molecule has 0 radical (unpaired) electrons. The highest BCUT2D eigenvalue weighted by molar-refractivity contribution is 7.09. The van der Waals surface area contributed by atoms with Crippen LogP contribution in [-0.2, 0) is 11.2 Å². The van der Waals surface area contributed by atoms with Crippen LogP contribution in [-0.4, -0.2) is 53.1 Å². The molecule has 6 heteroatoms.